The fourth-order valence-electron chi connectivity index (χ4n) is 2.79. The molecule has 0 spiro atoms. The van der Waals surface area contributed by atoms with Crippen molar-refractivity contribution in [2.45, 2.75) is 0 Å². The van der Waals surface area contributed by atoms with Crippen molar-refractivity contribution in [1.82, 2.24) is 9.55 Å². The van der Waals surface area contributed by atoms with E-state index in [9.17, 15) is 5.26 Å². The van der Waals surface area contributed by atoms with Gasteiger partial charge >= 0.3 is 0 Å². The highest BCUT2D eigenvalue weighted by molar-refractivity contribution is 6.38. The normalized spacial score (nSPS) is 11.5. The summed E-state index contributed by atoms with van der Waals surface area (Å²) in [5.41, 5.74) is 2.66. The predicted octanol–water partition coefficient (Wildman–Crippen LogP) is 4.96. The predicted molar refractivity (Wildman–Crippen MR) is 104 cm³/mol. The van der Waals surface area contributed by atoms with Gasteiger partial charge in [0.05, 0.1) is 35.8 Å². The second-order valence-electron chi connectivity index (χ2n) is 5.48. The summed E-state index contributed by atoms with van der Waals surface area (Å²) in [6.07, 6.45) is 1.65. The number of imidazole rings is 1. The van der Waals surface area contributed by atoms with Gasteiger partial charge in [0.2, 0.25) is 0 Å². The van der Waals surface area contributed by atoms with E-state index in [2.05, 4.69) is 11.1 Å². The van der Waals surface area contributed by atoms with Crippen LogP contribution in [0.5, 0.6) is 11.5 Å². The summed E-state index contributed by atoms with van der Waals surface area (Å²) in [6, 6.07) is 11.5. The summed E-state index contributed by atoms with van der Waals surface area (Å²) in [6.45, 7) is 0. The number of aromatic nitrogens is 2. The molecule has 0 aliphatic rings. The van der Waals surface area contributed by atoms with Crippen LogP contribution in [0.2, 0.25) is 10.0 Å². The van der Waals surface area contributed by atoms with Gasteiger partial charge in [-0.3, -0.25) is 0 Å². The molecule has 1 aromatic heterocycles. The molecular weight excluding hydrogens is 373 g/mol. The molecule has 0 N–H and O–H groups in total. The Labute approximate surface area is 161 Å². The van der Waals surface area contributed by atoms with Gasteiger partial charge in [-0.05, 0) is 24.3 Å². The molecule has 132 valence electrons. The minimum atomic E-state index is 0.246. The third-order valence-electron chi connectivity index (χ3n) is 4.02. The lowest BCUT2D eigenvalue weighted by Gasteiger charge is -2.13. The van der Waals surface area contributed by atoms with E-state index in [0.29, 0.717) is 33.5 Å². The molecule has 2 aromatic carbocycles. The van der Waals surface area contributed by atoms with Gasteiger partial charge in [0, 0.05) is 12.6 Å². The van der Waals surface area contributed by atoms with Gasteiger partial charge in [-0.15, -0.1) is 0 Å². The molecule has 0 unspecified atom stereocenters. The van der Waals surface area contributed by atoms with Crippen LogP contribution in [-0.4, -0.2) is 23.8 Å². The Balaban J connectivity index is 2.21. The highest BCUT2D eigenvalue weighted by atomic mass is 35.5. The molecule has 3 rings (SSSR count). The average molecular weight is 388 g/mol. The number of halogens is 2. The van der Waals surface area contributed by atoms with Crippen molar-refractivity contribution in [3.63, 3.8) is 0 Å². The lowest BCUT2D eigenvalue weighted by atomic mass is 10.1. The van der Waals surface area contributed by atoms with Crippen LogP contribution in [0.4, 0.5) is 0 Å². The molecule has 5 nitrogen and oxygen atoms in total. The third-order valence-corrected chi connectivity index (χ3v) is 4.64. The lowest BCUT2D eigenvalue weighted by molar-refractivity contribution is 0.394. The fourth-order valence-corrected chi connectivity index (χ4v) is 3.50. The number of para-hydroxylation sites is 2. The Kier molecular flexibility index (Phi) is 5.08. The van der Waals surface area contributed by atoms with Crippen LogP contribution in [0.15, 0.2) is 30.3 Å². The number of nitrogens with zero attached hydrogens (tertiary/aromatic N) is 3. The minimum Gasteiger partial charge on any atom is -0.494 e. The minimum absolute atomic E-state index is 0.246. The number of benzene rings is 2. The van der Waals surface area contributed by atoms with E-state index in [1.165, 1.54) is 14.2 Å². The standard InChI is InChI=1S/C19H15Cl2N3O2/c1-24-15-7-5-4-6-14(15)23-19(24)12(10-22)8-11-9-13(20)18(26-3)16(21)17(11)25-2/h4-9H,1-3H3/b12-8-. The van der Waals surface area contributed by atoms with Gasteiger partial charge in [0.25, 0.3) is 0 Å². The van der Waals surface area contributed by atoms with Crippen LogP contribution in [0, 0.1) is 11.3 Å². The summed E-state index contributed by atoms with van der Waals surface area (Å²) < 4.78 is 12.5. The number of nitriles is 1. The Bertz CT molecular complexity index is 1060. The lowest BCUT2D eigenvalue weighted by Crippen LogP contribution is -1.97. The summed E-state index contributed by atoms with van der Waals surface area (Å²) in [4.78, 5) is 4.55. The maximum absolute atomic E-state index is 9.69. The maximum atomic E-state index is 9.69. The zero-order chi connectivity index (χ0) is 18.8. The van der Waals surface area contributed by atoms with E-state index in [4.69, 9.17) is 32.7 Å². The van der Waals surface area contributed by atoms with E-state index in [1.807, 2.05) is 35.9 Å². The smallest absolute Gasteiger partial charge is 0.159 e. The monoisotopic (exact) mass is 387 g/mol. The Morgan fingerprint density at radius 2 is 1.88 bits per heavy atom. The van der Waals surface area contributed by atoms with Crippen molar-refractivity contribution in [2.75, 3.05) is 14.2 Å². The maximum Gasteiger partial charge on any atom is 0.159 e. The van der Waals surface area contributed by atoms with E-state index in [1.54, 1.807) is 12.1 Å². The van der Waals surface area contributed by atoms with Gasteiger partial charge in [-0.1, -0.05) is 35.3 Å². The molecule has 0 bridgehead atoms. The first-order chi connectivity index (χ1) is 12.5. The fraction of sp³-hybridized carbons (Fsp3) is 0.158. The van der Waals surface area contributed by atoms with Crippen molar-refractivity contribution >= 4 is 45.9 Å². The first-order valence-electron chi connectivity index (χ1n) is 7.65. The number of methoxy groups -OCH3 is 2. The molecule has 7 heteroatoms. The molecule has 0 aliphatic carbocycles. The largest absolute Gasteiger partial charge is 0.494 e. The van der Waals surface area contributed by atoms with Gasteiger partial charge < -0.3 is 14.0 Å². The summed E-state index contributed by atoms with van der Waals surface area (Å²) in [5.74, 6) is 1.24. The zero-order valence-corrected chi connectivity index (χ0v) is 15.9. The Morgan fingerprint density at radius 1 is 1.19 bits per heavy atom. The molecule has 0 saturated heterocycles. The average Bonchev–Trinajstić information content (AvgIpc) is 2.97. The van der Waals surface area contributed by atoms with Crippen LogP contribution < -0.4 is 9.47 Å². The number of rotatable bonds is 4. The molecule has 0 amide bonds. The van der Waals surface area contributed by atoms with Gasteiger partial charge in [-0.2, -0.15) is 5.26 Å². The summed E-state index contributed by atoms with van der Waals surface area (Å²) in [7, 11) is 4.83. The second kappa shape index (κ2) is 7.28. The highest BCUT2D eigenvalue weighted by Crippen LogP contribution is 2.43. The molecule has 1 heterocycles. The molecule has 0 fully saturated rings. The molecule has 3 aromatic rings. The number of hydrogen-bond acceptors (Lipinski definition) is 4. The van der Waals surface area contributed by atoms with Gasteiger partial charge in [0.15, 0.2) is 11.6 Å². The topological polar surface area (TPSA) is 60.1 Å². The quantitative estimate of drug-likeness (QED) is 0.593. The van der Waals surface area contributed by atoms with Crippen molar-refractivity contribution in [2.24, 2.45) is 7.05 Å². The first kappa shape index (κ1) is 18.1. The van der Waals surface area contributed by atoms with Crippen molar-refractivity contribution in [3.05, 3.63) is 51.8 Å². The van der Waals surface area contributed by atoms with Crippen LogP contribution >= 0.6 is 23.2 Å². The first-order valence-corrected chi connectivity index (χ1v) is 8.41. The zero-order valence-electron chi connectivity index (χ0n) is 14.4. The Hall–Kier alpha value is -2.68. The SMILES string of the molecule is COc1c(Cl)cc(/C=C(/C#N)c2nc3ccccc3n2C)c(OC)c1Cl. The number of aryl methyl sites for hydroxylation is 1. The Morgan fingerprint density at radius 3 is 2.50 bits per heavy atom. The van der Waals surface area contributed by atoms with Gasteiger partial charge in [0.1, 0.15) is 16.8 Å². The van der Waals surface area contributed by atoms with Crippen LogP contribution in [-0.2, 0) is 7.05 Å². The number of ether oxygens (including phenoxy) is 2. The second-order valence-corrected chi connectivity index (χ2v) is 6.27. The molecule has 0 radical (unpaired) electrons. The van der Waals surface area contributed by atoms with Crippen LogP contribution in [0.25, 0.3) is 22.7 Å². The molecule has 0 aliphatic heterocycles. The van der Waals surface area contributed by atoms with Crippen molar-refractivity contribution in [3.8, 4) is 17.6 Å². The number of fused-ring (bicyclic) bond motifs is 1. The van der Waals surface area contributed by atoms with E-state index >= 15 is 0 Å². The van der Waals surface area contributed by atoms with E-state index in [-0.39, 0.29) is 5.02 Å². The number of allylic oxidation sites excluding steroid dienone is 1. The number of hydrogen-bond donors (Lipinski definition) is 0. The van der Waals surface area contributed by atoms with Crippen LogP contribution in [0.3, 0.4) is 0 Å². The molecule has 0 atom stereocenters. The van der Waals surface area contributed by atoms with Crippen molar-refractivity contribution < 1.29 is 9.47 Å². The molecule has 0 saturated carbocycles. The van der Waals surface area contributed by atoms with Crippen LogP contribution in [0.1, 0.15) is 11.4 Å². The van der Waals surface area contributed by atoms with E-state index < -0.39 is 0 Å². The molecular formula is C19H15Cl2N3O2. The van der Waals surface area contributed by atoms with E-state index in [0.717, 1.165) is 11.0 Å². The third kappa shape index (κ3) is 2.98. The highest BCUT2D eigenvalue weighted by Gasteiger charge is 2.18. The molecule has 26 heavy (non-hydrogen) atoms. The summed E-state index contributed by atoms with van der Waals surface area (Å²) >= 11 is 12.6. The van der Waals surface area contributed by atoms with Crippen molar-refractivity contribution in [1.29, 1.82) is 5.26 Å². The van der Waals surface area contributed by atoms with Gasteiger partial charge in [-0.25, -0.2) is 4.98 Å². The summed E-state index contributed by atoms with van der Waals surface area (Å²) in [5, 5.41) is 10.3.